The smallest absolute Gasteiger partial charge is 0.237 e. The quantitative estimate of drug-likeness (QED) is 0.473. The maximum absolute atomic E-state index is 2.38. The molecule has 0 aliphatic heterocycles. The second kappa shape index (κ2) is 5.64. The first-order valence-corrected chi connectivity index (χ1v) is 8.28. The molecule has 0 radical (unpaired) electrons. The maximum Gasteiger partial charge on any atom is 0.286 e. The van der Waals surface area contributed by atoms with Crippen LogP contribution in [0.1, 0.15) is 11.1 Å². The van der Waals surface area contributed by atoms with E-state index in [1.54, 1.807) is 0 Å². The molecule has 4 aromatic rings. The molecule has 2 heterocycles. The molecule has 0 bridgehead atoms. The Bertz CT molecular complexity index is 1030. The highest BCUT2D eigenvalue weighted by Crippen LogP contribution is 2.32. The third-order valence-electron chi connectivity index (χ3n) is 4.60. The van der Waals surface area contributed by atoms with E-state index in [0.717, 1.165) is 0 Å². The number of hydrogen-bond acceptors (Lipinski definition) is 0. The van der Waals surface area contributed by atoms with Gasteiger partial charge in [-0.1, -0.05) is 48.5 Å². The fourth-order valence-corrected chi connectivity index (χ4v) is 3.38. The summed E-state index contributed by atoms with van der Waals surface area (Å²) in [6, 6.07) is 23.8. The Balaban J connectivity index is 2.14. The van der Waals surface area contributed by atoms with Crippen molar-refractivity contribution in [3.8, 4) is 17.1 Å². The van der Waals surface area contributed by atoms with Crippen LogP contribution in [0.15, 0.2) is 72.9 Å². The molecular formula is C22H21N2+. The zero-order chi connectivity index (χ0) is 16.7. The van der Waals surface area contributed by atoms with E-state index in [-0.39, 0.29) is 0 Å². The molecule has 0 N–H and O–H groups in total. The highest BCUT2D eigenvalue weighted by molar-refractivity contribution is 5.90. The van der Waals surface area contributed by atoms with Gasteiger partial charge in [0.2, 0.25) is 0 Å². The number of pyridine rings is 1. The first-order valence-electron chi connectivity index (χ1n) is 8.28. The van der Waals surface area contributed by atoms with Gasteiger partial charge in [0.05, 0.1) is 13.2 Å². The number of fused-ring (bicyclic) bond motifs is 1. The Morgan fingerprint density at radius 1 is 0.833 bits per heavy atom. The molecule has 2 aromatic heterocycles. The summed E-state index contributed by atoms with van der Waals surface area (Å²) in [5.41, 5.74) is 6.28. The Hall–Kier alpha value is -2.87. The lowest BCUT2D eigenvalue weighted by Gasteiger charge is -2.08. The van der Waals surface area contributed by atoms with Gasteiger partial charge in [-0.3, -0.25) is 0 Å². The van der Waals surface area contributed by atoms with Crippen molar-refractivity contribution in [1.29, 1.82) is 0 Å². The van der Waals surface area contributed by atoms with Crippen molar-refractivity contribution in [2.75, 3.05) is 0 Å². The molecule has 0 amide bonds. The molecule has 2 nitrogen and oxygen atoms in total. The SMILES string of the molecule is Cc1cc[n+](C)c(-n2c(-c3ccccc3)cc3cccc(C)c32)c1. The van der Waals surface area contributed by atoms with Crippen molar-refractivity contribution in [3.05, 3.63) is 84.1 Å². The first-order chi connectivity index (χ1) is 11.6. The fraction of sp³-hybridized carbons (Fsp3) is 0.136. The van der Waals surface area contributed by atoms with E-state index in [0.29, 0.717) is 0 Å². The van der Waals surface area contributed by atoms with E-state index in [9.17, 15) is 0 Å². The van der Waals surface area contributed by atoms with Gasteiger partial charge in [0.15, 0.2) is 0 Å². The van der Waals surface area contributed by atoms with Crippen LogP contribution in [-0.4, -0.2) is 4.57 Å². The van der Waals surface area contributed by atoms with Crippen molar-refractivity contribution in [2.24, 2.45) is 7.05 Å². The third kappa shape index (κ3) is 2.31. The van der Waals surface area contributed by atoms with E-state index >= 15 is 0 Å². The molecule has 0 unspecified atom stereocenters. The van der Waals surface area contributed by atoms with E-state index < -0.39 is 0 Å². The Labute approximate surface area is 142 Å². The average molecular weight is 313 g/mol. The highest BCUT2D eigenvalue weighted by atomic mass is 15.1. The summed E-state index contributed by atoms with van der Waals surface area (Å²) in [5, 5.41) is 1.27. The summed E-state index contributed by atoms with van der Waals surface area (Å²) in [4.78, 5) is 0. The largest absolute Gasteiger partial charge is 0.286 e. The third-order valence-corrected chi connectivity index (χ3v) is 4.60. The lowest BCUT2D eigenvalue weighted by molar-refractivity contribution is -0.665. The van der Waals surface area contributed by atoms with Gasteiger partial charge in [0.1, 0.15) is 11.2 Å². The highest BCUT2D eigenvalue weighted by Gasteiger charge is 2.22. The maximum atomic E-state index is 2.38. The van der Waals surface area contributed by atoms with Gasteiger partial charge in [0.25, 0.3) is 5.82 Å². The molecule has 118 valence electrons. The standard InChI is InChI=1S/C22H21N2/c1-16-12-13-23(3)21(14-16)24-20(18-9-5-4-6-10-18)15-19-11-7-8-17(2)22(19)24/h4-15H,1-3H3/q+1. The van der Waals surface area contributed by atoms with E-state index in [1.807, 2.05) is 0 Å². The molecule has 24 heavy (non-hydrogen) atoms. The van der Waals surface area contributed by atoms with Gasteiger partial charge in [-0.15, -0.1) is 0 Å². The molecule has 0 fully saturated rings. The zero-order valence-electron chi connectivity index (χ0n) is 14.3. The molecule has 2 heteroatoms. The zero-order valence-corrected chi connectivity index (χ0v) is 14.3. The number of aromatic nitrogens is 2. The Kier molecular flexibility index (Phi) is 3.46. The van der Waals surface area contributed by atoms with Gasteiger partial charge in [-0.05, 0) is 37.1 Å². The van der Waals surface area contributed by atoms with Crippen LogP contribution in [0.4, 0.5) is 0 Å². The first kappa shape index (κ1) is 14.7. The van der Waals surface area contributed by atoms with Crippen LogP contribution in [0.3, 0.4) is 0 Å². The monoisotopic (exact) mass is 313 g/mol. The minimum absolute atomic E-state index is 1.18. The second-order valence-corrected chi connectivity index (χ2v) is 6.42. The summed E-state index contributed by atoms with van der Waals surface area (Å²) in [5.74, 6) is 1.18. The summed E-state index contributed by atoms with van der Waals surface area (Å²) >= 11 is 0. The Morgan fingerprint density at radius 3 is 2.42 bits per heavy atom. The van der Waals surface area contributed by atoms with Crippen molar-refractivity contribution < 1.29 is 4.57 Å². The predicted molar refractivity (Wildman–Crippen MR) is 99.4 cm³/mol. The number of rotatable bonds is 2. The van der Waals surface area contributed by atoms with Gasteiger partial charge in [-0.25, -0.2) is 4.57 Å². The average Bonchev–Trinajstić information content (AvgIpc) is 2.98. The second-order valence-electron chi connectivity index (χ2n) is 6.42. The van der Waals surface area contributed by atoms with E-state index in [1.165, 1.54) is 39.1 Å². The number of para-hydroxylation sites is 1. The normalized spacial score (nSPS) is 11.1. The molecule has 0 saturated heterocycles. The van der Waals surface area contributed by atoms with E-state index in [4.69, 9.17) is 0 Å². The summed E-state index contributed by atoms with van der Waals surface area (Å²) in [6.07, 6.45) is 2.13. The van der Waals surface area contributed by atoms with Crippen LogP contribution >= 0.6 is 0 Å². The van der Waals surface area contributed by atoms with Crippen LogP contribution in [0.25, 0.3) is 28.0 Å². The van der Waals surface area contributed by atoms with Crippen molar-refractivity contribution in [3.63, 3.8) is 0 Å². The predicted octanol–water partition coefficient (Wildman–Crippen LogP) is 4.74. The molecule has 0 aliphatic carbocycles. The van der Waals surface area contributed by atoms with Crippen LogP contribution in [-0.2, 0) is 7.05 Å². The summed E-state index contributed by atoms with van der Waals surface area (Å²) in [6.45, 7) is 4.33. The molecule has 2 aromatic carbocycles. The number of benzene rings is 2. The van der Waals surface area contributed by atoms with Crippen LogP contribution in [0.5, 0.6) is 0 Å². The van der Waals surface area contributed by atoms with Crippen molar-refractivity contribution in [2.45, 2.75) is 13.8 Å². The molecule has 0 spiro atoms. The number of nitrogens with zero attached hydrogens (tertiary/aromatic N) is 2. The number of aryl methyl sites for hydroxylation is 3. The molecule has 0 aliphatic rings. The van der Waals surface area contributed by atoms with Gasteiger partial charge in [0, 0.05) is 17.0 Å². The van der Waals surface area contributed by atoms with Gasteiger partial charge in [-0.2, -0.15) is 4.57 Å². The topological polar surface area (TPSA) is 8.81 Å². The molecular weight excluding hydrogens is 292 g/mol. The van der Waals surface area contributed by atoms with Crippen LogP contribution in [0, 0.1) is 13.8 Å². The van der Waals surface area contributed by atoms with Gasteiger partial charge >= 0.3 is 0 Å². The minimum Gasteiger partial charge on any atom is -0.237 e. The number of hydrogen-bond donors (Lipinski definition) is 0. The lowest BCUT2D eigenvalue weighted by atomic mass is 10.1. The molecule has 0 atom stereocenters. The van der Waals surface area contributed by atoms with Crippen molar-refractivity contribution >= 4 is 10.9 Å². The summed E-state index contributed by atoms with van der Waals surface area (Å²) < 4.78 is 4.57. The lowest BCUT2D eigenvalue weighted by Crippen LogP contribution is -2.33. The Morgan fingerprint density at radius 2 is 1.62 bits per heavy atom. The minimum atomic E-state index is 1.18. The van der Waals surface area contributed by atoms with Crippen LogP contribution in [0.2, 0.25) is 0 Å². The summed E-state index contributed by atoms with van der Waals surface area (Å²) in [7, 11) is 2.10. The van der Waals surface area contributed by atoms with Crippen molar-refractivity contribution in [1.82, 2.24) is 4.57 Å². The van der Waals surface area contributed by atoms with Crippen LogP contribution < -0.4 is 4.57 Å². The molecule has 4 rings (SSSR count). The fourth-order valence-electron chi connectivity index (χ4n) is 3.38. The molecule has 0 saturated carbocycles. The van der Waals surface area contributed by atoms with Gasteiger partial charge < -0.3 is 0 Å². The van der Waals surface area contributed by atoms with E-state index in [2.05, 4.69) is 103 Å².